The highest BCUT2D eigenvalue weighted by molar-refractivity contribution is 5.82. The number of carbonyl (C=O) groups excluding carboxylic acids is 1. The zero-order chi connectivity index (χ0) is 19.4. The van der Waals surface area contributed by atoms with Crippen LogP contribution >= 0.6 is 0 Å². The molecule has 1 unspecified atom stereocenters. The number of fused-ring (bicyclic) bond motifs is 1. The van der Waals surface area contributed by atoms with Gasteiger partial charge in [0, 0.05) is 30.4 Å². The van der Waals surface area contributed by atoms with Gasteiger partial charge in [0.25, 0.3) is 5.69 Å². The summed E-state index contributed by atoms with van der Waals surface area (Å²) in [6.07, 6.45) is -0.694. The Labute approximate surface area is 158 Å². The SMILES string of the molecule is CCN(CC)C(=O)CN1c2ccccc2COC1c1ccccc1[N+](=O)[O-]. The van der Waals surface area contributed by atoms with Crippen molar-refractivity contribution < 1.29 is 14.5 Å². The summed E-state index contributed by atoms with van der Waals surface area (Å²) in [5, 5.41) is 11.5. The van der Waals surface area contributed by atoms with Crippen LogP contribution in [0.25, 0.3) is 0 Å². The van der Waals surface area contributed by atoms with Crippen molar-refractivity contribution in [1.29, 1.82) is 0 Å². The van der Waals surface area contributed by atoms with Crippen LogP contribution in [0.1, 0.15) is 31.2 Å². The average molecular weight is 369 g/mol. The molecular weight excluding hydrogens is 346 g/mol. The minimum absolute atomic E-state index is 0.0119. The number of carbonyl (C=O) groups is 1. The van der Waals surface area contributed by atoms with Crippen LogP contribution in [0.4, 0.5) is 11.4 Å². The minimum Gasteiger partial charge on any atom is -0.349 e. The van der Waals surface area contributed by atoms with Crippen molar-refractivity contribution in [2.24, 2.45) is 0 Å². The Morgan fingerprint density at radius 2 is 1.85 bits per heavy atom. The molecule has 0 bridgehead atoms. The lowest BCUT2D eigenvalue weighted by Crippen LogP contribution is -2.44. The number of likely N-dealkylation sites (N-methyl/N-ethyl adjacent to an activating group) is 1. The second kappa shape index (κ2) is 8.18. The molecule has 0 radical (unpaired) electrons. The molecule has 0 fully saturated rings. The first kappa shape index (κ1) is 18.8. The van der Waals surface area contributed by atoms with Crippen LogP contribution < -0.4 is 4.90 Å². The van der Waals surface area contributed by atoms with E-state index in [0.717, 1.165) is 11.3 Å². The quantitative estimate of drug-likeness (QED) is 0.575. The molecule has 3 rings (SSSR count). The Morgan fingerprint density at radius 1 is 1.19 bits per heavy atom. The highest BCUT2D eigenvalue weighted by atomic mass is 16.6. The molecule has 1 aliphatic rings. The maximum atomic E-state index is 12.8. The van der Waals surface area contributed by atoms with Crippen molar-refractivity contribution in [3.63, 3.8) is 0 Å². The van der Waals surface area contributed by atoms with Gasteiger partial charge in [0.05, 0.1) is 23.6 Å². The number of ether oxygens (including phenoxy) is 1. The minimum atomic E-state index is -0.694. The molecule has 1 aliphatic heterocycles. The maximum Gasteiger partial charge on any atom is 0.277 e. The third-order valence-corrected chi connectivity index (χ3v) is 4.80. The molecule has 2 aromatic rings. The molecule has 0 aromatic heterocycles. The number of hydrogen-bond acceptors (Lipinski definition) is 5. The van der Waals surface area contributed by atoms with E-state index in [1.54, 1.807) is 23.1 Å². The summed E-state index contributed by atoms with van der Waals surface area (Å²) >= 11 is 0. The van der Waals surface area contributed by atoms with Gasteiger partial charge in [0.1, 0.15) is 0 Å². The number of benzene rings is 2. The molecule has 0 spiro atoms. The smallest absolute Gasteiger partial charge is 0.277 e. The second-order valence-corrected chi connectivity index (χ2v) is 6.30. The summed E-state index contributed by atoms with van der Waals surface area (Å²) in [5.41, 5.74) is 2.26. The van der Waals surface area contributed by atoms with E-state index in [2.05, 4.69) is 0 Å². The van der Waals surface area contributed by atoms with Crippen molar-refractivity contribution in [2.75, 3.05) is 24.5 Å². The van der Waals surface area contributed by atoms with E-state index in [1.807, 2.05) is 43.0 Å². The number of rotatable bonds is 6. The Bertz CT molecular complexity index is 835. The van der Waals surface area contributed by atoms with E-state index in [0.29, 0.717) is 25.3 Å². The molecule has 1 amide bonds. The lowest BCUT2D eigenvalue weighted by Gasteiger charge is -2.39. The van der Waals surface area contributed by atoms with E-state index < -0.39 is 11.2 Å². The number of hydrogen-bond donors (Lipinski definition) is 0. The van der Waals surface area contributed by atoms with Crippen LogP contribution in [0.5, 0.6) is 0 Å². The summed E-state index contributed by atoms with van der Waals surface area (Å²) in [6, 6.07) is 14.2. The molecule has 7 heteroatoms. The van der Waals surface area contributed by atoms with Crippen LogP contribution in [0, 0.1) is 10.1 Å². The summed E-state index contributed by atoms with van der Waals surface area (Å²) in [7, 11) is 0. The molecule has 0 saturated heterocycles. The van der Waals surface area contributed by atoms with E-state index in [1.165, 1.54) is 6.07 Å². The van der Waals surface area contributed by atoms with E-state index in [4.69, 9.17) is 4.74 Å². The Kier molecular flexibility index (Phi) is 5.71. The summed E-state index contributed by atoms with van der Waals surface area (Å²) in [4.78, 5) is 27.4. The van der Waals surface area contributed by atoms with Crippen molar-refractivity contribution >= 4 is 17.3 Å². The topological polar surface area (TPSA) is 75.9 Å². The van der Waals surface area contributed by atoms with Crippen LogP contribution in [-0.4, -0.2) is 35.4 Å². The Hall–Kier alpha value is -2.93. The van der Waals surface area contributed by atoms with Crippen molar-refractivity contribution in [2.45, 2.75) is 26.7 Å². The molecule has 27 heavy (non-hydrogen) atoms. The fourth-order valence-electron chi connectivity index (χ4n) is 3.41. The van der Waals surface area contributed by atoms with Crippen molar-refractivity contribution in [3.8, 4) is 0 Å². The Morgan fingerprint density at radius 3 is 2.56 bits per heavy atom. The number of nitrogens with zero attached hydrogens (tertiary/aromatic N) is 3. The van der Waals surface area contributed by atoms with Crippen LogP contribution in [0.2, 0.25) is 0 Å². The van der Waals surface area contributed by atoms with E-state index in [9.17, 15) is 14.9 Å². The highest BCUT2D eigenvalue weighted by Crippen LogP contribution is 2.39. The predicted octanol–water partition coefficient (Wildman–Crippen LogP) is 3.50. The largest absolute Gasteiger partial charge is 0.349 e. The van der Waals surface area contributed by atoms with Gasteiger partial charge in [0.15, 0.2) is 6.23 Å². The first-order valence-electron chi connectivity index (χ1n) is 9.04. The van der Waals surface area contributed by atoms with Crippen LogP contribution in [0.3, 0.4) is 0 Å². The van der Waals surface area contributed by atoms with Gasteiger partial charge < -0.3 is 14.5 Å². The molecule has 1 heterocycles. The van der Waals surface area contributed by atoms with Crippen molar-refractivity contribution in [1.82, 2.24) is 4.90 Å². The number of nitro groups is 1. The fourth-order valence-corrected chi connectivity index (χ4v) is 3.41. The molecule has 7 nitrogen and oxygen atoms in total. The number of amides is 1. The van der Waals surface area contributed by atoms with Gasteiger partial charge in [-0.25, -0.2) is 0 Å². The van der Waals surface area contributed by atoms with E-state index >= 15 is 0 Å². The first-order valence-corrected chi connectivity index (χ1v) is 9.04. The molecular formula is C20H23N3O4. The average Bonchev–Trinajstić information content (AvgIpc) is 2.69. The third-order valence-electron chi connectivity index (χ3n) is 4.80. The summed E-state index contributed by atoms with van der Waals surface area (Å²) in [6.45, 7) is 5.52. The molecule has 2 aromatic carbocycles. The first-order chi connectivity index (χ1) is 13.1. The highest BCUT2D eigenvalue weighted by Gasteiger charge is 2.34. The number of anilines is 1. The Balaban J connectivity index is 2.03. The summed E-state index contributed by atoms with van der Waals surface area (Å²) in [5.74, 6) is -0.0381. The normalized spacial score (nSPS) is 15.9. The van der Waals surface area contributed by atoms with Gasteiger partial charge >= 0.3 is 0 Å². The van der Waals surface area contributed by atoms with E-state index in [-0.39, 0.29) is 18.1 Å². The molecule has 142 valence electrons. The maximum absolute atomic E-state index is 12.8. The zero-order valence-corrected chi connectivity index (χ0v) is 15.5. The number of para-hydroxylation sites is 2. The molecule has 0 N–H and O–H groups in total. The summed E-state index contributed by atoms with van der Waals surface area (Å²) < 4.78 is 5.99. The zero-order valence-electron chi connectivity index (χ0n) is 15.5. The van der Waals surface area contributed by atoms with Gasteiger partial charge in [-0.3, -0.25) is 14.9 Å². The van der Waals surface area contributed by atoms with Crippen LogP contribution in [-0.2, 0) is 16.1 Å². The standard InChI is InChI=1S/C20H23N3O4/c1-3-21(4-2)19(24)13-22-17-11-7-5-9-15(17)14-27-20(22)16-10-6-8-12-18(16)23(25)26/h5-12,20H,3-4,13-14H2,1-2H3. The lowest BCUT2D eigenvalue weighted by molar-refractivity contribution is -0.386. The molecule has 1 atom stereocenters. The molecule has 0 saturated carbocycles. The van der Waals surface area contributed by atoms with Gasteiger partial charge in [-0.05, 0) is 26.0 Å². The number of nitro benzene ring substituents is 1. The van der Waals surface area contributed by atoms with Crippen molar-refractivity contribution in [3.05, 3.63) is 69.8 Å². The second-order valence-electron chi connectivity index (χ2n) is 6.30. The van der Waals surface area contributed by atoms with Gasteiger partial charge in [-0.1, -0.05) is 30.3 Å². The van der Waals surface area contributed by atoms with Gasteiger partial charge in [-0.2, -0.15) is 0 Å². The predicted molar refractivity (Wildman–Crippen MR) is 102 cm³/mol. The fraction of sp³-hybridized carbons (Fsp3) is 0.350. The monoisotopic (exact) mass is 369 g/mol. The third kappa shape index (κ3) is 3.78. The van der Waals surface area contributed by atoms with Crippen LogP contribution in [0.15, 0.2) is 48.5 Å². The molecule has 0 aliphatic carbocycles. The lowest BCUT2D eigenvalue weighted by atomic mass is 10.1. The van der Waals surface area contributed by atoms with Gasteiger partial charge in [0.2, 0.25) is 5.91 Å². The van der Waals surface area contributed by atoms with Gasteiger partial charge in [-0.15, -0.1) is 0 Å².